The van der Waals surface area contributed by atoms with E-state index in [2.05, 4.69) is 5.32 Å². The lowest BCUT2D eigenvalue weighted by Gasteiger charge is -2.35. The summed E-state index contributed by atoms with van der Waals surface area (Å²) in [6.07, 6.45) is 6.74. The molecule has 5 heteroatoms. The molecule has 0 unspecified atom stereocenters. The number of nitrogens with zero attached hydrogens (tertiary/aromatic N) is 1. The minimum atomic E-state index is -0.763. The fourth-order valence-electron chi connectivity index (χ4n) is 3.15. The average Bonchev–Trinajstić information content (AvgIpc) is 3.27. The fourth-order valence-corrected chi connectivity index (χ4v) is 3.15. The summed E-state index contributed by atoms with van der Waals surface area (Å²) >= 11 is 0. The molecule has 2 amide bonds. The molecule has 0 saturated heterocycles. The molecule has 0 heterocycles. The Morgan fingerprint density at radius 3 is 2.33 bits per heavy atom. The highest BCUT2D eigenvalue weighted by atomic mass is 16.4. The summed E-state index contributed by atoms with van der Waals surface area (Å²) in [5.74, 6) is -0.123. The Bertz CT molecular complexity index is 385. The van der Waals surface area contributed by atoms with Gasteiger partial charge in [-0.15, -0.1) is 0 Å². The number of carboxylic acids is 1. The number of hydrogen-bond donors (Lipinski definition) is 2. The van der Waals surface area contributed by atoms with Crippen molar-refractivity contribution in [3.05, 3.63) is 0 Å². The summed E-state index contributed by atoms with van der Waals surface area (Å²) in [5.41, 5.74) is -0.754. The van der Waals surface area contributed by atoms with E-state index in [1.54, 1.807) is 0 Å². The highest BCUT2D eigenvalue weighted by molar-refractivity contribution is 5.78. The smallest absolute Gasteiger partial charge is 0.317 e. The van der Waals surface area contributed by atoms with Crippen molar-refractivity contribution in [1.29, 1.82) is 0 Å². The lowest BCUT2D eigenvalue weighted by molar-refractivity contribution is -0.150. The van der Waals surface area contributed by atoms with Gasteiger partial charge in [0.2, 0.25) is 0 Å². The number of carbonyl (C=O) groups is 2. The van der Waals surface area contributed by atoms with Crippen LogP contribution in [0.25, 0.3) is 0 Å². The molecule has 0 aliphatic heterocycles. The Labute approximate surface area is 127 Å². The van der Waals surface area contributed by atoms with Gasteiger partial charge in [0.05, 0.1) is 5.41 Å². The number of carboxylic acid groups (broad SMARTS) is 1. The Morgan fingerprint density at radius 1 is 1.24 bits per heavy atom. The van der Waals surface area contributed by atoms with Gasteiger partial charge >= 0.3 is 12.0 Å². The van der Waals surface area contributed by atoms with Crippen molar-refractivity contribution in [3.63, 3.8) is 0 Å². The van der Waals surface area contributed by atoms with Crippen LogP contribution in [0.4, 0.5) is 4.79 Å². The molecule has 0 aromatic carbocycles. The molecule has 2 aliphatic carbocycles. The molecule has 0 bridgehead atoms. The van der Waals surface area contributed by atoms with Crippen LogP contribution >= 0.6 is 0 Å². The summed E-state index contributed by atoms with van der Waals surface area (Å²) in [6, 6.07) is 0.0424. The van der Waals surface area contributed by atoms with Gasteiger partial charge in [0.15, 0.2) is 0 Å². The van der Waals surface area contributed by atoms with Crippen molar-refractivity contribution in [1.82, 2.24) is 10.2 Å². The van der Waals surface area contributed by atoms with E-state index >= 15 is 0 Å². The molecule has 2 fully saturated rings. The van der Waals surface area contributed by atoms with Crippen LogP contribution in [0, 0.1) is 11.3 Å². The quantitative estimate of drug-likeness (QED) is 0.792. The van der Waals surface area contributed by atoms with Gasteiger partial charge in [0.25, 0.3) is 0 Å². The summed E-state index contributed by atoms with van der Waals surface area (Å²) in [4.78, 5) is 25.8. The van der Waals surface area contributed by atoms with E-state index in [1.807, 2.05) is 18.7 Å². The number of hydrogen-bond acceptors (Lipinski definition) is 2. The van der Waals surface area contributed by atoms with E-state index in [-0.39, 0.29) is 18.6 Å². The number of carbonyl (C=O) groups excluding carboxylic acids is 1. The second-order valence-corrected chi connectivity index (χ2v) is 6.99. The molecule has 0 radical (unpaired) electrons. The standard InChI is InChI=1S/C16H28N2O3/c1-12(2)18(10-13-6-7-13)15(21)17-11-16(14(19)20)8-4-3-5-9-16/h12-13H,3-11H2,1-2H3,(H,17,21)(H,19,20). The third kappa shape index (κ3) is 4.11. The van der Waals surface area contributed by atoms with Gasteiger partial charge < -0.3 is 15.3 Å². The van der Waals surface area contributed by atoms with Crippen LogP contribution in [0.15, 0.2) is 0 Å². The highest BCUT2D eigenvalue weighted by Crippen LogP contribution is 2.36. The fraction of sp³-hybridized carbons (Fsp3) is 0.875. The Kier molecular flexibility index (Phi) is 5.12. The summed E-state index contributed by atoms with van der Waals surface area (Å²) in [6.45, 7) is 5.07. The van der Waals surface area contributed by atoms with Crippen LogP contribution in [0.3, 0.4) is 0 Å². The summed E-state index contributed by atoms with van der Waals surface area (Å²) in [5, 5.41) is 12.4. The van der Waals surface area contributed by atoms with E-state index in [9.17, 15) is 14.7 Å². The third-order valence-corrected chi connectivity index (χ3v) is 4.88. The Morgan fingerprint density at radius 2 is 1.86 bits per heavy atom. The molecule has 0 aromatic heterocycles. The predicted molar refractivity (Wildman–Crippen MR) is 81.1 cm³/mol. The molecular formula is C16H28N2O3. The molecule has 5 nitrogen and oxygen atoms in total. The molecule has 120 valence electrons. The first-order valence-corrected chi connectivity index (χ1v) is 8.22. The number of aliphatic carboxylic acids is 1. The zero-order valence-corrected chi connectivity index (χ0v) is 13.2. The van der Waals surface area contributed by atoms with Crippen LogP contribution in [0.1, 0.15) is 58.8 Å². The first-order valence-electron chi connectivity index (χ1n) is 8.22. The largest absolute Gasteiger partial charge is 0.481 e. The van der Waals surface area contributed by atoms with Gasteiger partial charge in [-0.2, -0.15) is 0 Å². The van der Waals surface area contributed by atoms with Gasteiger partial charge in [-0.25, -0.2) is 4.79 Å². The van der Waals surface area contributed by atoms with Crippen molar-refractivity contribution in [2.24, 2.45) is 11.3 Å². The maximum absolute atomic E-state index is 12.4. The number of urea groups is 1. The van der Waals surface area contributed by atoms with E-state index in [0.717, 1.165) is 25.8 Å². The normalized spacial score (nSPS) is 21.1. The van der Waals surface area contributed by atoms with Gasteiger partial charge in [0, 0.05) is 19.1 Å². The van der Waals surface area contributed by atoms with Crippen molar-refractivity contribution in [2.75, 3.05) is 13.1 Å². The summed E-state index contributed by atoms with van der Waals surface area (Å²) < 4.78 is 0. The van der Waals surface area contributed by atoms with Crippen LogP contribution in [-0.4, -0.2) is 41.1 Å². The number of amides is 2. The first-order chi connectivity index (χ1) is 9.94. The molecule has 21 heavy (non-hydrogen) atoms. The SMILES string of the molecule is CC(C)N(CC1CC1)C(=O)NCC1(C(=O)O)CCCCC1. The second-order valence-electron chi connectivity index (χ2n) is 6.99. The van der Waals surface area contributed by atoms with Crippen molar-refractivity contribution < 1.29 is 14.7 Å². The Balaban J connectivity index is 1.92. The average molecular weight is 296 g/mol. The van der Waals surface area contributed by atoms with Crippen molar-refractivity contribution in [2.45, 2.75) is 64.8 Å². The van der Waals surface area contributed by atoms with Crippen LogP contribution < -0.4 is 5.32 Å². The molecule has 2 aliphatic rings. The minimum absolute atomic E-state index is 0.108. The van der Waals surface area contributed by atoms with E-state index in [4.69, 9.17) is 0 Å². The second kappa shape index (κ2) is 6.67. The zero-order valence-electron chi connectivity index (χ0n) is 13.2. The van der Waals surface area contributed by atoms with Crippen molar-refractivity contribution >= 4 is 12.0 Å². The van der Waals surface area contributed by atoms with Gasteiger partial charge in [-0.1, -0.05) is 19.3 Å². The van der Waals surface area contributed by atoms with Gasteiger partial charge in [-0.05, 0) is 45.4 Å². The lowest BCUT2D eigenvalue weighted by atomic mass is 9.74. The molecule has 0 aromatic rings. The number of rotatable bonds is 6. The Hall–Kier alpha value is -1.26. The highest BCUT2D eigenvalue weighted by Gasteiger charge is 2.40. The van der Waals surface area contributed by atoms with Crippen LogP contribution in [-0.2, 0) is 4.79 Å². The monoisotopic (exact) mass is 296 g/mol. The van der Waals surface area contributed by atoms with Crippen LogP contribution in [0.2, 0.25) is 0 Å². The first kappa shape index (κ1) is 16.1. The molecule has 2 saturated carbocycles. The summed E-state index contributed by atoms with van der Waals surface area (Å²) in [7, 11) is 0. The van der Waals surface area contributed by atoms with E-state index < -0.39 is 11.4 Å². The zero-order chi connectivity index (χ0) is 15.5. The lowest BCUT2D eigenvalue weighted by Crippen LogP contribution is -2.50. The van der Waals surface area contributed by atoms with E-state index in [0.29, 0.717) is 18.8 Å². The molecule has 2 rings (SSSR count). The van der Waals surface area contributed by atoms with Crippen molar-refractivity contribution in [3.8, 4) is 0 Å². The predicted octanol–water partition coefficient (Wildman–Crippen LogP) is 2.85. The number of nitrogens with one attached hydrogen (secondary N) is 1. The van der Waals surface area contributed by atoms with Crippen LogP contribution in [0.5, 0.6) is 0 Å². The van der Waals surface area contributed by atoms with Gasteiger partial charge in [0.1, 0.15) is 0 Å². The molecule has 0 atom stereocenters. The maximum atomic E-state index is 12.4. The molecular weight excluding hydrogens is 268 g/mol. The van der Waals surface area contributed by atoms with E-state index in [1.165, 1.54) is 12.8 Å². The minimum Gasteiger partial charge on any atom is -0.481 e. The van der Waals surface area contributed by atoms with Gasteiger partial charge in [-0.3, -0.25) is 4.79 Å². The third-order valence-electron chi connectivity index (χ3n) is 4.88. The topological polar surface area (TPSA) is 69.6 Å². The molecule has 2 N–H and O–H groups in total. The maximum Gasteiger partial charge on any atom is 0.317 e. The molecule has 0 spiro atoms.